The second-order valence-electron chi connectivity index (χ2n) is 3.92. The van der Waals surface area contributed by atoms with Crippen LogP contribution in [0.2, 0.25) is 0 Å². The topological polar surface area (TPSA) is 25.4 Å². The second-order valence-corrected chi connectivity index (χ2v) is 3.92. The van der Waals surface area contributed by atoms with E-state index in [4.69, 9.17) is 4.74 Å². The van der Waals surface area contributed by atoms with Crippen molar-refractivity contribution in [2.75, 3.05) is 19.7 Å². The summed E-state index contributed by atoms with van der Waals surface area (Å²) in [7, 11) is 0. The van der Waals surface area contributed by atoms with Crippen LogP contribution in [0.15, 0.2) is 24.5 Å². The first-order chi connectivity index (χ1) is 7.40. The first kappa shape index (κ1) is 10.4. The van der Waals surface area contributed by atoms with Crippen LogP contribution in [0.5, 0.6) is 5.75 Å². The molecule has 1 fully saturated rings. The van der Waals surface area contributed by atoms with Crippen LogP contribution in [0.1, 0.15) is 19.8 Å². The molecule has 0 aliphatic carbocycles. The summed E-state index contributed by atoms with van der Waals surface area (Å²) < 4.78 is 5.72. The summed E-state index contributed by atoms with van der Waals surface area (Å²) >= 11 is 0. The summed E-state index contributed by atoms with van der Waals surface area (Å²) in [5.41, 5.74) is 0. The highest BCUT2D eigenvalue weighted by Crippen LogP contribution is 2.17. The van der Waals surface area contributed by atoms with Crippen molar-refractivity contribution >= 4 is 0 Å². The average molecular weight is 206 g/mol. The smallest absolute Gasteiger partial charge is 0.137 e. The van der Waals surface area contributed by atoms with Crippen molar-refractivity contribution in [3.63, 3.8) is 0 Å². The lowest BCUT2D eigenvalue weighted by molar-refractivity contribution is 0.178. The van der Waals surface area contributed by atoms with Crippen LogP contribution in [0.25, 0.3) is 0 Å². The molecule has 0 radical (unpaired) electrons. The molecule has 1 aromatic rings. The van der Waals surface area contributed by atoms with E-state index in [9.17, 15) is 0 Å². The van der Waals surface area contributed by atoms with Crippen LogP contribution >= 0.6 is 0 Å². The number of aromatic nitrogens is 1. The van der Waals surface area contributed by atoms with Crippen molar-refractivity contribution in [1.29, 1.82) is 0 Å². The molecule has 82 valence electrons. The van der Waals surface area contributed by atoms with Gasteiger partial charge in [0, 0.05) is 12.2 Å². The highest BCUT2D eigenvalue weighted by Gasteiger charge is 2.23. The molecule has 2 heterocycles. The molecule has 0 N–H and O–H groups in total. The number of nitrogens with zero attached hydrogens (tertiary/aromatic N) is 2. The van der Waals surface area contributed by atoms with E-state index in [1.807, 2.05) is 12.1 Å². The van der Waals surface area contributed by atoms with Gasteiger partial charge in [-0.1, -0.05) is 6.92 Å². The molecule has 3 heteroatoms. The van der Waals surface area contributed by atoms with Crippen LogP contribution in [0.4, 0.5) is 0 Å². The van der Waals surface area contributed by atoms with Gasteiger partial charge in [0.25, 0.3) is 0 Å². The van der Waals surface area contributed by atoms with Crippen molar-refractivity contribution in [3.8, 4) is 5.75 Å². The molecule has 2 rings (SSSR count). The Kier molecular flexibility index (Phi) is 3.56. The molecule has 15 heavy (non-hydrogen) atoms. The van der Waals surface area contributed by atoms with Gasteiger partial charge in [-0.25, -0.2) is 0 Å². The number of ether oxygens (including phenoxy) is 1. The summed E-state index contributed by atoms with van der Waals surface area (Å²) in [5.74, 6) is 0.875. The summed E-state index contributed by atoms with van der Waals surface area (Å²) in [5, 5.41) is 0. The first-order valence-electron chi connectivity index (χ1n) is 5.67. The van der Waals surface area contributed by atoms with Gasteiger partial charge in [-0.15, -0.1) is 0 Å². The lowest BCUT2D eigenvalue weighted by Gasteiger charge is -2.22. The summed E-state index contributed by atoms with van der Waals surface area (Å²) in [6.45, 7) is 5.35. The molecule has 1 aliphatic rings. The maximum absolute atomic E-state index is 5.72. The fourth-order valence-electron chi connectivity index (χ4n) is 2.13. The van der Waals surface area contributed by atoms with E-state index in [0.29, 0.717) is 6.04 Å². The van der Waals surface area contributed by atoms with Crippen LogP contribution in [0.3, 0.4) is 0 Å². The Bertz CT molecular complexity index is 289. The third kappa shape index (κ3) is 2.69. The van der Waals surface area contributed by atoms with Crippen LogP contribution in [0, 0.1) is 0 Å². The van der Waals surface area contributed by atoms with Gasteiger partial charge in [-0.2, -0.15) is 0 Å². The Hall–Kier alpha value is -1.09. The number of likely N-dealkylation sites (N-methyl/N-ethyl adjacent to an activating group) is 1. The van der Waals surface area contributed by atoms with Gasteiger partial charge in [-0.3, -0.25) is 9.88 Å². The second kappa shape index (κ2) is 5.12. The van der Waals surface area contributed by atoms with E-state index in [1.165, 1.54) is 19.4 Å². The van der Waals surface area contributed by atoms with E-state index < -0.39 is 0 Å². The standard InChI is InChI=1S/C12H18N2O/c1-2-14-8-4-5-11(14)10-15-12-6-3-7-13-9-12/h3,6-7,9,11H,2,4-5,8,10H2,1H3/t11-/m0/s1. The van der Waals surface area contributed by atoms with E-state index in [2.05, 4.69) is 16.8 Å². The zero-order valence-corrected chi connectivity index (χ0v) is 9.22. The SMILES string of the molecule is CCN1CCC[C@H]1COc1cccnc1. The summed E-state index contributed by atoms with van der Waals surface area (Å²) in [6, 6.07) is 4.45. The predicted molar refractivity (Wildman–Crippen MR) is 60.0 cm³/mol. The maximum Gasteiger partial charge on any atom is 0.137 e. The van der Waals surface area contributed by atoms with Crippen molar-refractivity contribution in [2.45, 2.75) is 25.8 Å². The van der Waals surface area contributed by atoms with Gasteiger partial charge in [0.15, 0.2) is 0 Å². The molecule has 3 nitrogen and oxygen atoms in total. The quantitative estimate of drug-likeness (QED) is 0.753. The molecule has 0 amide bonds. The molecule has 0 bridgehead atoms. The minimum atomic E-state index is 0.593. The fourth-order valence-corrected chi connectivity index (χ4v) is 2.13. The van der Waals surface area contributed by atoms with Gasteiger partial charge >= 0.3 is 0 Å². The van der Waals surface area contributed by atoms with Crippen molar-refractivity contribution < 1.29 is 4.74 Å². The molecule has 1 aromatic heterocycles. The summed E-state index contributed by atoms with van der Waals surface area (Å²) in [4.78, 5) is 6.51. The number of likely N-dealkylation sites (tertiary alicyclic amines) is 1. The average Bonchev–Trinajstić information content (AvgIpc) is 2.75. The number of rotatable bonds is 4. The van der Waals surface area contributed by atoms with E-state index >= 15 is 0 Å². The zero-order chi connectivity index (χ0) is 10.5. The molecule has 0 aromatic carbocycles. The molecular weight excluding hydrogens is 188 g/mol. The largest absolute Gasteiger partial charge is 0.490 e. The predicted octanol–water partition coefficient (Wildman–Crippen LogP) is 1.94. The Morgan fingerprint density at radius 3 is 3.27 bits per heavy atom. The Morgan fingerprint density at radius 2 is 2.53 bits per heavy atom. The molecule has 0 spiro atoms. The lowest BCUT2D eigenvalue weighted by Crippen LogP contribution is -2.33. The normalized spacial score (nSPS) is 21.8. The van der Waals surface area contributed by atoms with E-state index in [0.717, 1.165) is 18.9 Å². The summed E-state index contributed by atoms with van der Waals surface area (Å²) in [6.07, 6.45) is 6.09. The molecule has 0 unspecified atom stereocenters. The minimum absolute atomic E-state index is 0.593. The van der Waals surface area contributed by atoms with Crippen LogP contribution < -0.4 is 4.74 Å². The van der Waals surface area contributed by atoms with E-state index in [-0.39, 0.29) is 0 Å². The Morgan fingerprint density at radius 1 is 1.60 bits per heavy atom. The fraction of sp³-hybridized carbons (Fsp3) is 0.583. The van der Waals surface area contributed by atoms with Gasteiger partial charge in [0.2, 0.25) is 0 Å². The van der Waals surface area contributed by atoms with Crippen molar-refractivity contribution in [3.05, 3.63) is 24.5 Å². The van der Waals surface area contributed by atoms with Crippen molar-refractivity contribution in [1.82, 2.24) is 9.88 Å². The number of hydrogen-bond acceptors (Lipinski definition) is 3. The van der Waals surface area contributed by atoms with Crippen molar-refractivity contribution in [2.24, 2.45) is 0 Å². The highest BCUT2D eigenvalue weighted by molar-refractivity contribution is 5.15. The number of hydrogen-bond donors (Lipinski definition) is 0. The van der Waals surface area contributed by atoms with Crippen LogP contribution in [-0.2, 0) is 0 Å². The van der Waals surface area contributed by atoms with Gasteiger partial charge in [-0.05, 0) is 38.1 Å². The Balaban J connectivity index is 1.83. The molecular formula is C12H18N2O. The highest BCUT2D eigenvalue weighted by atomic mass is 16.5. The maximum atomic E-state index is 5.72. The van der Waals surface area contributed by atoms with Gasteiger partial charge in [0.05, 0.1) is 6.20 Å². The van der Waals surface area contributed by atoms with Gasteiger partial charge in [0.1, 0.15) is 12.4 Å². The van der Waals surface area contributed by atoms with Crippen LogP contribution in [-0.4, -0.2) is 35.6 Å². The lowest BCUT2D eigenvalue weighted by atomic mass is 10.2. The number of pyridine rings is 1. The van der Waals surface area contributed by atoms with E-state index in [1.54, 1.807) is 12.4 Å². The van der Waals surface area contributed by atoms with Gasteiger partial charge < -0.3 is 4.74 Å². The third-order valence-corrected chi connectivity index (χ3v) is 2.98. The molecule has 1 saturated heterocycles. The molecule has 1 aliphatic heterocycles. The molecule has 0 saturated carbocycles. The monoisotopic (exact) mass is 206 g/mol. The zero-order valence-electron chi connectivity index (χ0n) is 9.22. The first-order valence-corrected chi connectivity index (χ1v) is 5.67. The minimum Gasteiger partial charge on any atom is -0.490 e. The molecule has 1 atom stereocenters. The third-order valence-electron chi connectivity index (χ3n) is 2.98. The Labute approximate surface area is 91.1 Å².